The monoisotopic (exact) mass is 251 g/mol. The van der Waals surface area contributed by atoms with Gasteiger partial charge < -0.3 is 5.32 Å². The molecule has 0 amide bonds. The second kappa shape index (κ2) is 5.88. The van der Waals surface area contributed by atoms with Crippen molar-refractivity contribution in [3.05, 3.63) is 17.3 Å². The van der Waals surface area contributed by atoms with E-state index in [1.54, 1.807) is 17.5 Å². The SMILES string of the molecule is CC(C)NCCCc1nnc(-c2ccn[nH]2)s1. The van der Waals surface area contributed by atoms with Gasteiger partial charge in [-0.25, -0.2) is 0 Å². The van der Waals surface area contributed by atoms with Crippen LogP contribution in [0.1, 0.15) is 25.3 Å². The minimum Gasteiger partial charge on any atom is -0.315 e. The van der Waals surface area contributed by atoms with E-state index in [4.69, 9.17) is 0 Å². The molecule has 0 aliphatic rings. The van der Waals surface area contributed by atoms with Gasteiger partial charge in [0.25, 0.3) is 0 Å². The highest BCUT2D eigenvalue weighted by molar-refractivity contribution is 7.14. The predicted molar refractivity (Wildman–Crippen MR) is 69.0 cm³/mol. The van der Waals surface area contributed by atoms with Crippen LogP contribution in [0.15, 0.2) is 12.3 Å². The Morgan fingerprint density at radius 1 is 1.41 bits per heavy atom. The topological polar surface area (TPSA) is 66.5 Å². The Morgan fingerprint density at radius 2 is 2.29 bits per heavy atom. The molecule has 0 fully saturated rings. The van der Waals surface area contributed by atoms with Crippen LogP contribution in [0.25, 0.3) is 10.7 Å². The molecule has 0 spiro atoms. The minimum atomic E-state index is 0.546. The van der Waals surface area contributed by atoms with E-state index >= 15 is 0 Å². The van der Waals surface area contributed by atoms with Crippen LogP contribution in [0, 0.1) is 0 Å². The van der Waals surface area contributed by atoms with Crippen LogP contribution in [0.4, 0.5) is 0 Å². The zero-order valence-corrected chi connectivity index (χ0v) is 10.9. The molecular formula is C11H17N5S. The Balaban J connectivity index is 1.83. The van der Waals surface area contributed by atoms with Crippen LogP contribution in [0.5, 0.6) is 0 Å². The molecule has 0 aromatic carbocycles. The number of aromatic nitrogens is 4. The molecule has 2 heterocycles. The van der Waals surface area contributed by atoms with Gasteiger partial charge in [0.1, 0.15) is 5.01 Å². The van der Waals surface area contributed by atoms with Crippen LogP contribution < -0.4 is 5.32 Å². The quantitative estimate of drug-likeness (QED) is 0.769. The average molecular weight is 251 g/mol. The van der Waals surface area contributed by atoms with Crippen molar-refractivity contribution in [2.24, 2.45) is 0 Å². The van der Waals surface area contributed by atoms with Crippen molar-refractivity contribution in [2.45, 2.75) is 32.7 Å². The summed E-state index contributed by atoms with van der Waals surface area (Å²) in [4.78, 5) is 0. The second-order valence-corrected chi connectivity index (χ2v) is 5.25. The second-order valence-electron chi connectivity index (χ2n) is 4.18. The van der Waals surface area contributed by atoms with E-state index in [2.05, 4.69) is 39.6 Å². The summed E-state index contributed by atoms with van der Waals surface area (Å²) < 4.78 is 0. The molecule has 0 aliphatic heterocycles. The number of nitrogens with one attached hydrogen (secondary N) is 2. The van der Waals surface area contributed by atoms with Gasteiger partial charge in [0, 0.05) is 18.7 Å². The Hall–Kier alpha value is -1.27. The first-order valence-corrected chi connectivity index (χ1v) is 6.63. The molecule has 0 saturated carbocycles. The standard InChI is InChI=1S/C11H17N5S/c1-8(2)12-6-3-4-10-15-16-11(17-10)9-5-7-13-14-9/h5,7-8,12H,3-4,6H2,1-2H3,(H,13,14). The highest BCUT2D eigenvalue weighted by Gasteiger charge is 2.07. The largest absolute Gasteiger partial charge is 0.315 e. The zero-order valence-electron chi connectivity index (χ0n) is 10.1. The molecule has 2 rings (SSSR count). The number of hydrogen-bond acceptors (Lipinski definition) is 5. The Labute approximate surface area is 105 Å². The molecule has 2 aromatic heterocycles. The van der Waals surface area contributed by atoms with Gasteiger partial charge in [-0.1, -0.05) is 25.2 Å². The van der Waals surface area contributed by atoms with Gasteiger partial charge in [-0.2, -0.15) is 5.10 Å². The summed E-state index contributed by atoms with van der Waals surface area (Å²) >= 11 is 1.63. The van der Waals surface area contributed by atoms with Crippen molar-refractivity contribution in [3.63, 3.8) is 0 Å². The van der Waals surface area contributed by atoms with Crippen LogP contribution in [0.2, 0.25) is 0 Å². The first kappa shape index (κ1) is 12.2. The molecule has 0 saturated heterocycles. The molecule has 0 unspecified atom stereocenters. The highest BCUT2D eigenvalue weighted by Crippen LogP contribution is 2.21. The van der Waals surface area contributed by atoms with Crippen LogP contribution in [0.3, 0.4) is 0 Å². The van der Waals surface area contributed by atoms with E-state index in [9.17, 15) is 0 Å². The third-order valence-electron chi connectivity index (χ3n) is 2.32. The first-order chi connectivity index (χ1) is 8.25. The number of rotatable bonds is 6. The molecule has 17 heavy (non-hydrogen) atoms. The summed E-state index contributed by atoms with van der Waals surface area (Å²) in [5.74, 6) is 0. The number of nitrogens with zero attached hydrogens (tertiary/aromatic N) is 3. The molecule has 5 nitrogen and oxygen atoms in total. The number of aromatic amines is 1. The van der Waals surface area contributed by atoms with Gasteiger partial charge >= 0.3 is 0 Å². The minimum absolute atomic E-state index is 0.546. The summed E-state index contributed by atoms with van der Waals surface area (Å²) in [5.41, 5.74) is 0.939. The van der Waals surface area contributed by atoms with E-state index in [-0.39, 0.29) is 0 Å². The van der Waals surface area contributed by atoms with Crippen molar-refractivity contribution >= 4 is 11.3 Å². The van der Waals surface area contributed by atoms with Gasteiger partial charge in [0.15, 0.2) is 5.01 Å². The van der Waals surface area contributed by atoms with Crippen molar-refractivity contribution < 1.29 is 0 Å². The zero-order chi connectivity index (χ0) is 12.1. The van der Waals surface area contributed by atoms with Gasteiger partial charge in [0.2, 0.25) is 0 Å². The highest BCUT2D eigenvalue weighted by atomic mass is 32.1. The fraction of sp³-hybridized carbons (Fsp3) is 0.545. The normalized spacial score (nSPS) is 11.2. The summed E-state index contributed by atoms with van der Waals surface area (Å²) in [7, 11) is 0. The van der Waals surface area contributed by atoms with Gasteiger partial charge in [0.05, 0.1) is 5.69 Å². The fourth-order valence-corrected chi connectivity index (χ4v) is 2.33. The third-order valence-corrected chi connectivity index (χ3v) is 3.33. The number of H-pyrrole nitrogens is 1. The maximum absolute atomic E-state index is 4.18. The molecule has 0 bridgehead atoms. The lowest BCUT2D eigenvalue weighted by Crippen LogP contribution is -2.23. The lowest BCUT2D eigenvalue weighted by atomic mass is 10.3. The molecule has 2 N–H and O–H groups in total. The molecule has 0 radical (unpaired) electrons. The maximum atomic E-state index is 4.18. The lowest BCUT2D eigenvalue weighted by Gasteiger charge is -2.05. The van der Waals surface area contributed by atoms with E-state index < -0.39 is 0 Å². The summed E-state index contributed by atoms with van der Waals surface area (Å²) in [6.45, 7) is 5.33. The van der Waals surface area contributed by atoms with E-state index in [1.807, 2.05) is 6.07 Å². The molecule has 2 aromatic rings. The van der Waals surface area contributed by atoms with Gasteiger partial charge in [-0.15, -0.1) is 10.2 Å². The first-order valence-electron chi connectivity index (χ1n) is 5.81. The van der Waals surface area contributed by atoms with Crippen molar-refractivity contribution in [3.8, 4) is 10.7 Å². The van der Waals surface area contributed by atoms with Crippen LogP contribution in [-0.4, -0.2) is 33.0 Å². The van der Waals surface area contributed by atoms with Crippen LogP contribution in [-0.2, 0) is 6.42 Å². The molecule has 0 atom stereocenters. The van der Waals surface area contributed by atoms with E-state index in [1.165, 1.54) is 0 Å². The van der Waals surface area contributed by atoms with Crippen LogP contribution >= 0.6 is 11.3 Å². The lowest BCUT2D eigenvalue weighted by molar-refractivity contribution is 0.569. The summed E-state index contributed by atoms with van der Waals surface area (Å²) in [6.07, 6.45) is 3.80. The Bertz CT molecular complexity index is 434. The smallest absolute Gasteiger partial charge is 0.165 e. The molecule has 92 valence electrons. The molecular weight excluding hydrogens is 234 g/mol. The van der Waals surface area contributed by atoms with E-state index in [0.717, 1.165) is 35.1 Å². The van der Waals surface area contributed by atoms with Crippen molar-refractivity contribution in [1.82, 2.24) is 25.7 Å². The van der Waals surface area contributed by atoms with Crippen molar-refractivity contribution in [1.29, 1.82) is 0 Å². The fourth-order valence-electron chi connectivity index (χ4n) is 1.47. The molecule has 6 heteroatoms. The number of aryl methyl sites for hydroxylation is 1. The van der Waals surface area contributed by atoms with Gasteiger partial charge in [-0.05, 0) is 19.0 Å². The predicted octanol–water partition coefficient (Wildman–Crippen LogP) is 1.86. The number of hydrogen-bond donors (Lipinski definition) is 2. The van der Waals surface area contributed by atoms with Gasteiger partial charge in [-0.3, -0.25) is 5.10 Å². The summed E-state index contributed by atoms with van der Waals surface area (Å²) in [5, 5.41) is 20.5. The average Bonchev–Trinajstić information content (AvgIpc) is 2.94. The van der Waals surface area contributed by atoms with Crippen molar-refractivity contribution in [2.75, 3.05) is 6.54 Å². The maximum Gasteiger partial charge on any atom is 0.165 e. The Morgan fingerprint density at radius 3 is 3.00 bits per heavy atom. The Kier molecular flexibility index (Phi) is 4.22. The summed E-state index contributed by atoms with van der Waals surface area (Å²) in [6, 6.07) is 2.45. The molecule has 0 aliphatic carbocycles. The van der Waals surface area contributed by atoms with E-state index in [0.29, 0.717) is 6.04 Å². The third kappa shape index (κ3) is 3.61.